The van der Waals surface area contributed by atoms with Crippen LogP contribution in [0.2, 0.25) is 0 Å². The highest BCUT2D eigenvalue weighted by Gasteiger charge is 2.20. The van der Waals surface area contributed by atoms with Gasteiger partial charge in [-0.05, 0) is 38.0 Å². The van der Waals surface area contributed by atoms with E-state index in [0.29, 0.717) is 18.0 Å². The van der Waals surface area contributed by atoms with Crippen molar-refractivity contribution in [3.05, 3.63) is 59.4 Å². The number of aromatic nitrogens is 3. The number of carbonyl (C=O) groups excluding carboxylic acids is 1. The summed E-state index contributed by atoms with van der Waals surface area (Å²) in [6.45, 7) is 13.2. The normalized spacial score (nSPS) is 11.0. The lowest BCUT2D eigenvalue weighted by molar-refractivity contribution is 0.0957. The molecule has 3 heterocycles. The smallest absolute Gasteiger partial charge is 0.253 e. The summed E-state index contributed by atoms with van der Waals surface area (Å²) in [5, 5.41) is 5.85. The second-order valence-corrected chi connectivity index (χ2v) is 8.12. The van der Waals surface area contributed by atoms with Crippen LogP contribution in [0.25, 0.3) is 22.0 Å². The molecule has 3 rings (SSSR count). The zero-order valence-corrected chi connectivity index (χ0v) is 17.6. The van der Waals surface area contributed by atoms with Crippen LogP contribution in [0.15, 0.2) is 42.4 Å². The fraction of sp³-hybridized carbons (Fsp3) is 0.318. The number of carbonyl (C=O) groups is 1. The van der Waals surface area contributed by atoms with Gasteiger partial charge in [-0.15, -0.1) is 17.9 Å². The number of nitrogens with one attached hydrogen (secondary N) is 1. The Morgan fingerprint density at radius 1 is 1.36 bits per heavy atom. The first-order valence-electron chi connectivity index (χ1n) is 9.38. The van der Waals surface area contributed by atoms with Gasteiger partial charge in [-0.3, -0.25) is 9.78 Å². The van der Waals surface area contributed by atoms with Crippen LogP contribution >= 0.6 is 11.3 Å². The highest BCUT2D eigenvalue weighted by Crippen LogP contribution is 2.31. The molecule has 3 aromatic rings. The van der Waals surface area contributed by atoms with Crippen molar-refractivity contribution < 1.29 is 4.79 Å². The van der Waals surface area contributed by atoms with Crippen LogP contribution in [0.5, 0.6) is 0 Å². The molecule has 0 saturated heterocycles. The number of hydrogen-bond donors (Lipinski definition) is 1. The standard InChI is InChI=1S/C22H26N4OS/c1-6-9-23-21(27)18-10-20(26(16(18)5)12-14(2)3)19-13-28-22(25-19)17-8-7-15(4)24-11-17/h6-8,10-11,13-14H,1,9,12H2,2-5H3,(H,23,27). The van der Waals surface area contributed by atoms with Crippen molar-refractivity contribution in [1.29, 1.82) is 0 Å². The molecule has 0 atom stereocenters. The summed E-state index contributed by atoms with van der Waals surface area (Å²) in [5.74, 6) is 0.368. The van der Waals surface area contributed by atoms with E-state index in [1.165, 1.54) is 0 Å². The van der Waals surface area contributed by atoms with E-state index < -0.39 is 0 Å². The average molecular weight is 395 g/mol. The molecule has 0 fully saturated rings. The molecule has 146 valence electrons. The molecule has 28 heavy (non-hydrogen) atoms. The van der Waals surface area contributed by atoms with Crippen molar-refractivity contribution >= 4 is 17.2 Å². The van der Waals surface area contributed by atoms with Crippen LogP contribution < -0.4 is 5.32 Å². The first-order valence-corrected chi connectivity index (χ1v) is 10.3. The fourth-order valence-electron chi connectivity index (χ4n) is 3.07. The van der Waals surface area contributed by atoms with Crippen LogP contribution in [0.4, 0.5) is 0 Å². The molecule has 0 unspecified atom stereocenters. The van der Waals surface area contributed by atoms with E-state index in [9.17, 15) is 4.79 Å². The Balaban J connectivity index is 2.01. The number of pyridine rings is 1. The van der Waals surface area contributed by atoms with E-state index in [1.807, 2.05) is 43.6 Å². The zero-order valence-electron chi connectivity index (χ0n) is 16.8. The lowest BCUT2D eigenvalue weighted by Gasteiger charge is -2.13. The second kappa shape index (κ2) is 8.52. The van der Waals surface area contributed by atoms with Gasteiger partial charge in [0.15, 0.2) is 0 Å². The Labute approximate surface area is 170 Å². The molecule has 0 aliphatic carbocycles. The predicted molar refractivity (Wildman–Crippen MR) is 116 cm³/mol. The second-order valence-electron chi connectivity index (χ2n) is 7.26. The number of hydrogen-bond acceptors (Lipinski definition) is 4. The average Bonchev–Trinajstić information content (AvgIpc) is 3.26. The predicted octanol–water partition coefficient (Wildman–Crippen LogP) is 4.86. The Morgan fingerprint density at radius 2 is 2.14 bits per heavy atom. The molecule has 1 N–H and O–H groups in total. The van der Waals surface area contributed by atoms with Gasteiger partial charge in [0, 0.05) is 41.6 Å². The SMILES string of the molecule is C=CCNC(=O)c1cc(-c2csc(-c3ccc(C)nc3)n2)n(CC(C)C)c1C. The van der Waals surface area contributed by atoms with Gasteiger partial charge < -0.3 is 9.88 Å². The molecule has 0 aromatic carbocycles. The van der Waals surface area contributed by atoms with Crippen LogP contribution in [0.3, 0.4) is 0 Å². The summed E-state index contributed by atoms with van der Waals surface area (Å²) < 4.78 is 2.19. The Bertz CT molecular complexity index is 983. The van der Waals surface area contributed by atoms with Gasteiger partial charge in [0.2, 0.25) is 0 Å². The minimum atomic E-state index is -0.0839. The van der Waals surface area contributed by atoms with Crippen molar-refractivity contribution in [2.75, 3.05) is 6.54 Å². The lowest BCUT2D eigenvalue weighted by atomic mass is 10.2. The highest BCUT2D eigenvalue weighted by atomic mass is 32.1. The lowest BCUT2D eigenvalue weighted by Crippen LogP contribution is -2.23. The third-order valence-electron chi connectivity index (χ3n) is 4.49. The van der Waals surface area contributed by atoms with Gasteiger partial charge >= 0.3 is 0 Å². The summed E-state index contributed by atoms with van der Waals surface area (Å²) in [6, 6.07) is 5.98. The fourth-order valence-corrected chi connectivity index (χ4v) is 3.87. The molecule has 5 nitrogen and oxygen atoms in total. The number of rotatable bonds is 7. The molecule has 0 aliphatic rings. The molecule has 0 saturated carbocycles. The van der Waals surface area contributed by atoms with E-state index in [0.717, 1.165) is 39.9 Å². The molecule has 0 radical (unpaired) electrons. The Hall–Kier alpha value is -2.73. The van der Waals surface area contributed by atoms with Crippen LogP contribution in [0.1, 0.15) is 35.6 Å². The van der Waals surface area contributed by atoms with Crippen LogP contribution in [0, 0.1) is 19.8 Å². The van der Waals surface area contributed by atoms with E-state index in [4.69, 9.17) is 4.98 Å². The molecule has 0 spiro atoms. The highest BCUT2D eigenvalue weighted by molar-refractivity contribution is 7.13. The van der Waals surface area contributed by atoms with Crippen LogP contribution in [-0.2, 0) is 6.54 Å². The van der Waals surface area contributed by atoms with Gasteiger partial charge in [0.05, 0.1) is 17.0 Å². The summed E-state index contributed by atoms with van der Waals surface area (Å²) in [7, 11) is 0. The molecule has 3 aromatic heterocycles. The van der Waals surface area contributed by atoms with Gasteiger partial charge in [0.1, 0.15) is 5.01 Å². The third kappa shape index (κ3) is 4.22. The van der Waals surface area contributed by atoms with Gasteiger partial charge in [-0.1, -0.05) is 19.9 Å². The number of thiazole rings is 1. The largest absolute Gasteiger partial charge is 0.349 e. The molecular formula is C22H26N4OS. The first kappa shape index (κ1) is 20.0. The summed E-state index contributed by atoms with van der Waals surface area (Å²) in [4.78, 5) is 21.8. The third-order valence-corrected chi connectivity index (χ3v) is 5.38. The number of amides is 1. The minimum Gasteiger partial charge on any atom is -0.349 e. The van der Waals surface area contributed by atoms with E-state index >= 15 is 0 Å². The maximum atomic E-state index is 12.6. The monoisotopic (exact) mass is 394 g/mol. The maximum Gasteiger partial charge on any atom is 0.253 e. The maximum absolute atomic E-state index is 12.6. The van der Waals surface area contributed by atoms with E-state index in [1.54, 1.807) is 17.4 Å². The zero-order chi connectivity index (χ0) is 20.3. The number of nitrogens with zero attached hydrogens (tertiary/aromatic N) is 3. The number of aryl methyl sites for hydroxylation is 1. The van der Waals surface area contributed by atoms with Gasteiger partial charge in [-0.2, -0.15) is 0 Å². The quantitative estimate of drug-likeness (QED) is 0.582. The first-order chi connectivity index (χ1) is 13.4. The van der Waals surface area contributed by atoms with E-state index in [-0.39, 0.29) is 5.91 Å². The van der Waals surface area contributed by atoms with Crippen molar-refractivity contribution in [3.8, 4) is 22.0 Å². The van der Waals surface area contributed by atoms with E-state index in [2.05, 4.69) is 35.3 Å². The topological polar surface area (TPSA) is 59.8 Å². The molecule has 0 aliphatic heterocycles. The van der Waals surface area contributed by atoms with Crippen molar-refractivity contribution in [2.24, 2.45) is 5.92 Å². The van der Waals surface area contributed by atoms with Crippen molar-refractivity contribution in [2.45, 2.75) is 34.2 Å². The molecule has 6 heteroatoms. The molecule has 1 amide bonds. The van der Waals surface area contributed by atoms with Crippen molar-refractivity contribution in [3.63, 3.8) is 0 Å². The summed E-state index contributed by atoms with van der Waals surface area (Å²) in [6.07, 6.45) is 3.53. The Morgan fingerprint density at radius 3 is 2.79 bits per heavy atom. The summed E-state index contributed by atoms with van der Waals surface area (Å²) in [5.41, 5.74) is 5.48. The van der Waals surface area contributed by atoms with Crippen molar-refractivity contribution in [1.82, 2.24) is 19.9 Å². The Kier molecular flexibility index (Phi) is 6.09. The summed E-state index contributed by atoms with van der Waals surface area (Å²) >= 11 is 1.59. The van der Waals surface area contributed by atoms with Gasteiger partial charge in [0.25, 0.3) is 5.91 Å². The minimum absolute atomic E-state index is 0.0839. The molecule has 0 bridgehead atoms. The van der Waals surface area contributed by atoms with Crippen LogP contribution in [-0.4, -0.2) is 27.0 Å². The van der Waals surface area contributed by atoms with Gasteiger partial charge in [-0.25, -0.2) is 4.98 Å². The molecular weight excluding hydrogens is 368 g/mol.